The van der Waals surface area contributed by atoms with E-state index in [9.17, 15) is 9.59 Å². The van der Waals surface area contributed by atoms with Gasteiger partial charge in [-0.3, -0.25) is 14.2 Å². The van der Waals surface area contributed by atoms with E-state index in [0.29, 0.717) is 41.0 Å². The summed E-state index contributed by atoms with van der Waals surface area (Å²) in [5.41, 5.74) is 5.33. The molecule has 9 heteroatoms. The van der Waals surface area contributed by atoms with E-state index in [2.05, 4.69) is 15.1 Å². The molecule has 2 N–H and O–H groups in total. The normalized spacial score (nSPS) is 21.7. The number of carbonyl (C=O) groups is 2. The number of hydrogen-bond acceptors (Lipinski definition) is 6. The first-order chi connectivity index (χ1) is 14.1. The Hall–Kier alpha value is -2.29. The van der Waals surface area contributed by atoms with Gasteiger partial charge in [-0.2, -0.15) is 0 Å². The molecule has 2 aromatic rings. The number of hydrogen-bond donors (Lipinski definition) is 1. The number of amides is 2. The van der Waals surface area contributed by atoms with Crippen LogP contribution in [0.15, 0.2) is 28.0 Å². The standard InChI is InChI=1S/C20H27N5O3S/c21-17(26)9-11-25-19(16-8-4-12-28-16)22-23-20(25)29-13-18(27)24-10-3-6-14-5-1-2-7-15(14)24/h4,8,12,14-15H,1-3,5-7,9-11,13H2,(H2,21,26). The molecular formula is C20H27N5O3S. The van der Waals surface area contributed by atoms with Gasteiger partial charge in [0.05, 0.1) is 12.0 Å². The number of furan rings is 1. The summed E-state index contributed by atoms with van der Waals surface area (Å²) in [6.45, 7) is 1.20. The van der Waals surface area contributed by atoms with Crippen LogP contribution in [0.3, 0.4) is 0 Å². The average molecular weight is 418 g/mol. The molecule has 4 rings (SSSR count). The number of likely N-dealkylation sites (tertiary alicyclic amines) is 1. The lowest BCUT2D eigenvalue weighted by Crippen LogP contribution is -2.50. The highest BCUT2D eigenvalue weighted by molar-refractivity contribution is 7.99. The lowest BCUT2D eigenvalue weighted by Gasteiger charge is -2.44. The molecule has 2 aliphatic rings. The van der Waals surface area contributed by atoms with Gasteiger partial charge in [0.15, 0.2) is 16.7 Å². The molecule has 2 atom stereocenters. The Morgan fingerprint density at radius 1 is 1.21 bits per heavy atom. The van der Waals surface area contributed by atoms with Gasteiger partial charge >= 0.3 is 0 Å². The molecule has 2 unspecified atom stereocenters. The molecule has 0 radical (unpaired) electrons. The smallest absolute Gasteiger partial charge is 0.233 e. The Bertz CT molecular complexity index is 848. The van der Waals surface area contributed by atoms with Crippen LogP contribution in [0.1, 0.15) is 44.9 Å². The van der Waals surface area contributed by atoms with E-state index in [1.165, 1.54) is 37.4 Å². The van der Waals surface area contributed by atoms with Crippen LogP contribution in [-0.4, -0.2) is 49.8 Å². The van der Waals surface area contributed by atoms with Gasteiger partial charge in [0.25, 0.3) is 0 Å². The molecule has 156 valence electrons. The molecule has 0 aromatic carbocycles. The second-order valence-electron chi connectivity index (χ2n) is 7.78. The molecule has 8 nitrogen and oxygen atoms in total. The van der Waals surface area contributed by atoms with Gasteiger partial charge in [0.2, 0.25) is 11.8 Å². The van der Waals surface area contributed by atoms with Gasteiger partial charge in [-0.15, -0.1) is 10.2 Å². The van der Waals surface area contributed by atoms with Crippen LogP contribution >= 0.6 is 11.8 Å². The number of rotatable bonds is 7. The Labute approximate surface area is 174 Å². The fraction of sp³-hybridized carbons (Fsp3) is 0.600. The molecular weight excluding hydrogens is 390 g/mol. The van der Waals surface area contributed by atoms with Crippen LogP contribution < -0.4 is 5.73 Å². The van der Waals surface area contributed by atoms with Crippen molar-refractivity contribution in [2.24, 2.45) is 11.7 Å². The first kappa shape index (κ1) is 20.0. The van der Waals surface area contributed by atoms with E-state index in [4.69, 9.17) is 10.2 Å². The number of fused-ring (bicyclic) bond motifs is 1. The zero-order valence-corrected chi connectivity index (χ0v) is 17.3. The number of nitrogens with zero attached hydrogens (tertiary/aromatic N) is 4. The number of primary amides is 1. The average Bonchev–Trinajstić information content (AvgIpc) is 3.39. The summed E-state index contributed by atoms with van der Waals surface area (Å²) in [5, 5.41) is 9.06. The maximum atomic E-state index is 13.0. The molecule has 2 fully saturated rings. The Morgan fingerprint density at radius 2 is 2.03 bits per heavy atom. The first-order valence-electron chi connectivity index (χ1n) is 10.3. The predicted octanol–water partition coefficient (Wildman–Crippen LogP) is 2.69. The molecule has 0 bridgehead atoms. The summed E-state index contributed by atoms with van der Waals surface area (Å²) in [6.07, 6.45) is 8.94. The van der Waals surface area contributed by atoms with Crippen molar-refractivity contribution in [2.75, 3.05) is 12.3 Å². The lowest BCUT2D eigenvalue weighted by molar-refractivity contribution is -0.134. The van der Waals surface area contributed by atoms with Crippen molar-refractivity contribution in [1.82, 2.24) is 19.7 Å². The second-order valence-corrected chi connectivity index (χ2v) is 8.72. The van der Waals surface area contributed by atoms with E-state index in [-0.39, 0.29) is 12.3 Å². The summed E-state index contributed by atoms with van der Waals surface area (Å²) < 4.78 is 7.24. The molecule has 2 aromatic heterocycles. The first-order valence-corrected chi connectivity index (χ1v) is 11.3. The Kier molecular flexibility index (Phi) is 6.22. The zero-order chi connectivity index (χ0) is 20.2. The summed E-state index contributed by atoms with van der Waals surface area (Å²) >= 11 is 1.36. The Morgan fingerprint density at radius 3 is 2.83 bits per heavy atom. The molecule has 29 heavy (non-hydrogen) atoms. The summed E-state index contributed by atoms with van der Waals surface area (Å²) in [5.74, 6) is 1.85. The van der Waals surface area contributed by atoms with E-state index >= 15 is 0 Å². The van der Waals surface area contributed by atoms with Crippen molar-refractivity contribution < 1.29 is 14.0 Å². The number of piperidine rings is 1. The highest BCUT2D eigenvalue weighted by atomic mass is 32.2. The van der Waals surface area contributed by atoms with Crippen molar-refractivity contribution in [3.8, 4) is 11.6 Å². The van der Waals surface area contributed by atoms with E-state index < -0.39 is 5.91 Å². The largest absolute Gasteiger partial charge is 0.461 e. The van der Waals surface area contributed by atoms with Crippen molar-refractivity contribution in [3.63, 3.8) is 0 Å². The topological polar surface area (TPSA) is 107 Å². The van der Waals surface area contributed by atoms with Crippen LogP contribution in [0.25, 0.3) is 11.6 Å². The second kappa shape index (κ2) is 9.02. The minimum atomic E-state index is -0.396. The minimum Gasteiger partial charge on any atom is -0.461 e. The summed E-state index contributed by atoms with van der Waals surface area (Å²) in [4.78, 5) is 26.4. The monoisotopic (exact) mass is 417 g/mol. The van der Waals surface area contributed by atoms with Crippen LogP contribution in [0.2, 0.25) is 0 Å². The predicted molar refractivity (Wildman–Crippen MR) is 109 cm³/mol. The molecule has 1 saturated carbocycles. The highest BCUT2D eigenvalue weighted by Gasteiger charge is 2.35. The highest BCUT2D eigenvalue weighted by Crippen LogP contribution is 2.36. The molecule has 0 spiro atoms. The molecule has 1 aliphatic heterocycles. The number of carbonyl (C=O) groups excluding carboxylic acids is 2. The molecule has 1 saturated heterocycles. The van der Waals surface area contributed by atoms with Crippen molar-refractivity contribution in [1.29, 1.82) is 0 Å². The number of aromatic nitrogens is 3. The van der Waals surface area contributed by atoms with Crippen LogP contribution in [0.4, 0.5) is 0 Å². The van der Waals surface area contributed by atoms with Gasteiger partial charge in [-0.1, -0.05) is 24.6 Å². The van der Waals surface area contributed by atoms with Gasteiger partial charge in [0, 0.05) is 25.6 Å². The lowest BCUT2D eigenvalue weighted by atomic mass is 9.78. The van der Waals surface area contributed by atoms with Crippen LogP contribution in [0, 0.1) is 5.92 Å². The SMILES string of the molecule is NC(=O)CCn1c(SCC(=O)N2CCCC3CCCCC32)nnc1-c1ccco1. The zero-order valence-electron chi connectivity index (χ0n) is 16.5. The van der Waals surface area contributed by atoms with Crippen LogP contribution in [-0.2, 0) is 16.1 Å². The van der Waals surface area contributed by atoms with Gasteiger partial charge in [0.1, 0.15) is 0 Å². The van der Waals surface area contributed by atoms with E-state index in [1.807, 2.05) is 0 Å². The summed E-state index contributed by atoms with van der Waals surface area (Å²) in [6, 6.07) is 3.97. The van der Waals surface area contributed by atoms with Crippen molar-refractivity contribution in [3.05, 3.63) is 18.4 Å². The number of thioether (sulfide) groups is 1. The quantitative estimate of drug-likeness (QED) is 0.694. The molecule has 1 aliphatic carbocycles. The van der Waals surface area contributed by atoms with Gasteiger partial charge in [-0.25, -0.2) is 0 Å². The minimum absolute atomic E-state index is 0.163. The fourth-order valence-electron chi connectivity index (χ4n) is 4.55. The number of nitrogens with two attached hydrogens (primary N) is 1. The van der Waals surface area contributed by atoms with E-state index in [1.54, 1.807) is 23.0 Å². The fourth-order valence-corrected chi connectivity index (χ4v) is 5.40. The summed E-state index contributed by atoms with van der Waals surface area (Å²) in [7, 11) is 0. The maximum Gasteiger partial charge on any atom is 0.233 e. The van der Waals surface area contributed by atoms with Crippen molar-refractivity contribution >= 4 is 23.6 Å². The van der Waals surface area contributed by atoms with E-state index in [0.717, 1.165) is 19.4 Å². The van der Waals surface area contributed by atoms with Crippen molar-refractivity contribution in [2.45, 2.75) is 62.7 Å². The van der Waals surface area contributed by atoms with Gasteiger partial charge in [-0.05, 0) is 43.7 Å². The third-order valence-corrected chi connectivity index (χ3v) is 6.88. The Balaban J connectivity index is 1.46. The molecule has 2 amide bonds. The van der Waals surface area contributed by atoms with Crippen LogP contribution in [0.5, 0.6) is 0 Å². The van der Waals surface area contributed by atoms with Gasteiger partial charge < -0.3 is 15.1 Å². The molecule has 3 heterocycles. The third kappa shape index (κ3) is 4.49. The third-order valence-electron chi connectivity index (χ3n) is 5.93. The maximum absolute atomic E-state index is 13.0.